The summed E-state index contributed by atoms with van der Waals surface area (Å²) in [6.45, 7) is 3.89. The number of hydrogen-bond donors (Lipinski definition) is 2. The molecule has 0 saturated carbocycles. The van der Waals surface area contributed by atoms with Gasteiger partial charge in [-0.05, 0) is 20.0 Å². The Morgan fingerprint density at radius 2 is 2.14 bits per heavy atom. The fourth-order valence-electron chi connectivity index (χ4n) is 1.21. The third-order valence-electron chi connectivity index (χ3n) is 1.99. The highest BCUT2D eigenvalue weighted by Gasteiger charge is 2.04. The molecule has 0 unspecified atom stereocenters. The van der Waals surface area contributed by atoms with Crippen molar-refractivity contribution < 1.29 is 9.90 Å². The van der Waals surface area contributed by atoms with Gasteiger partial charge >= 0.3 is 0 Å². The molecule has 0 atom stereocenters. The standard InChI is InChI=1S/C10H22N2O2/c1-3-4-5-7-12(2)9-10(14)11-6-8-13/h13H,3-9H2,1-2H3,(H,11,14). The van der Waals surface area contributed by atoms with Crippen molar-refractivity contribution in [1.82, 2.24) is 10.2 Å². The average Bonchev–Trinajstić information content (AvgIpc) is 2.15. The number of likely N-dealkylation sites (N-methyl/N-ethyl adjacent to an activating group) is 1. The molecule has 0 saturated heterocycles. The quantitative estimate of drug-likeness (QED) is 0.553. The van der Waals surface area contributed by atoms with Crippen LogP contribution in [0.4, 0.5) is 0 Å². The van der Waals surface area contributed by atoms with E-state index in [1.165, 1.54) is 12.8 Å². The Kier molecular flexibility index (Phi) is 8.57. The first-order valence-electron chi connectivity index (χ1n) is 5.26. The van der Waals surface area contributed by atoms with E-state index in [4.69, 9.17) is 5.11 Å². The summed E-state index contributed by atoms with van der Waals surface area (Å²) < 4.78 is 0. The predicted octanol–water partition coefficient (Wildman–Crippen LogP) is 0.217. The van der Waals surface area contributed by atoms with Crippen molar-refractivity contribution in [2.75, 3.05) is 33.3 Å². The number of aliphatic hydroxyl groups is 1. The Bertz CT molecular complexity index is 151. The Balaban J connectivity index is 3.40. The van der Waals surface area contributed by atoms with Crippen molar-refractivity contribution in [1.29, 1.82) is 0 Å². The first-order valence-corrected chi connectivity index (χ1v) is 5.26. The molecule has 0 radical (unpaired) electrons. The monoisotopic (exact) mass is 202 g/mol. The zero-order chi connectivity index (χ0) is 10.8. The Labute approximate surface area is 86.3 Å². The molecule has 0 aliphatic carbocycles. The van der Waals surface area contributed by atoms with Crippen LogP contribution in [-0.4, -0.2) is 49.2 Å². The minimum Gasteiger partial charge on any atom is -0.395 e. The van der Waals surface area contributed by atoms with Gasteiger partial charge < -0.3 is 10.4 Å². The largest absolute Gasteiger partial charge is 0.395 e. The lowest BCUT2D eigenvalue weighted by Crippen LogP contribution is -2.36. The zero-order valence-electron chi connectivity index (χ0n) is 9.25. The van der Waals surface area contributed by atoms with Gasteiger partial charge in [0, 0.05) is 6.54 Å². The van der Waals surface area contributed by atoms with Crippen molar-refractivity contribution in [2.45, 2.75) is 26.2 Å². The molecule has 0 aromatic rings. The van der Waals surface area contributed by atoms with Crippen LogP contribution in [0.2, 0.25) is 0 Å². The zero-order valence-corrected chi connectivity index (χ0v) is 9.25. The van der Waals surface area contributed by atoms with Crippen LogP contribution in [0.15, 0.2) is 0 Å². The summed E-state index contributed by atoms with van der Waals surface area (Å²) in [7, 11) is 1.94. The highest BCUT2D eigenvalue weighted by Crippen LogP contribution is 1.95. The molecule has 0 aromatic heterocycles. The molecule has 0 heterocycles. The van der Waals surface area contributed by atoms with Gasteiger partial charge in [0.05, 0.1) is 13.2 Å². The molecule has 0 spiro atoms. The molecule has 4 nitrogen and oxygen atoms in total. The Morgan fingerprint density at radius 3 is 2.71 bits per heavy atom. The minimum atomic E-state index is -0.0157. The number of carbonyl (C=O) groups excluding carboxylic acids is 1. The van der Waals surface area contributed by atoms with Crippen molar-refractivity contribution in [3.8, 4) is 0 Å². The van der Waals surface area contributed by atoms with E-state index in [1.54, 1.807) is 0 Å². The number of hydrogen-bond acceptors (Lipinski definition) is 3. The number of unbranched alkanes of at least 4 members (excludes halogenated alkanes) is 2. The van der Waals surface area contributed by atoms with E-state index >= 15 is 0 Å². The van der Waals surface area contributed by atoms with Crippen LogP contribution in [-0.2, 0) is 4.79 Å². The van der Waals surface area contributed by atoms with E-state index in [1.807, 2.05) is 11.9 Å². The molecule has 0 aliphatic rings. The molecule has 4 heteroatoms. The third-order valence-corrected chi connectivity index (χ3v) is 1.99. The van der Waals surface area contributed by atoms with Crippen LogP contribution in [0.25, 0.3) is 0 Å². The second-order valence-electron chi connectivity index (χ2n) is 3.52. The van der Waals surface area contributed by atoms with Crippen LogP contribution in [0.3, 0.4) is 0 Å². The number of aliphatic hydroxyl groups excluding tert-OH is 1. The van der Waals surface area contributed by atoms with Crippen molar-refractivity contribution in [3.63, 3.8) is 0 Å². The van der Waals surface area contributed by atoms with Crippen LogP contribution in [0.1, 0.15) is 26.2 Å². The van der Waals surface area contributed by atoms with Crippen LogP contribution in [0.5, 0.6) is 0 Å². The van der Waals surface area contributed by atoms with Gasteiger partial charge in [0.2, 0.25) is 5.91 Å². The maximum atomic E-state index is 11.2. The number of nitrogens with one attached hydrogen (secondary N) is 1. The molecular formula is C10H22N2O2. The summed E-state index contributed by atoms with van der Waals surface area (Å²) in [6.07, 6.45) is 3.55. The summed E-state index contributed by atoms with van der Waals surface area (Å²) >= 11 is 0. The van der Waals surface area contributed by atoms with Crippen LogP contribution < -0.4 is 5.32 Å². The maximum Gasteiger partial charge on any atom is 0.234 e. The first kappa shape index (κ1) is 13.4. The lowest BCUT2D eigenvalue weighted by Gasteiger charge is -2.15. The maximum absolute atomic E-state index is 11.2. The minimum absolute atomic E-state index is 0.00525. The normalized spacial score (nSPS) is 10.6. The van der Waals surface area contributed by atoms with Gasteiger partial charge in [0.15, 0.2) is 0 Å². The summed E-state index contributed by atoms with van der Waals surface area (Å²) in [6, 6.07) is 0. The third kappa shape index (κ3) is 8.01. The van der Waals surface area contributed by atoms with Gasteiger partial charge in [-0.15, -0.1) is 0 Å². The number of carbonyl (C=O) groups is 1. The second-order valence-corrected chi connectivity index (χ2v) is 3.52. The summed E-state index contributed by atoms with van der Waals surface area (Å²) in [5.74, 6) is -0.0157. The van der Waals surface area contributed by atoms with Gasteiger partial charge in [0.1, 0.15) is 0 Å². The molecule has 2 N–H and O–H groups in total. The molecule has 0 bridgehead atoms. The van der Waals surface area contributed by atoms with Gasteiger partial charge in [0.25, 0.3) is 0 Å². The highest BCUT2D eigenvalue weighted by molar-refractivity contribution is 5.77. The van der Waals surface area contributed by atoms with Gasteiger partial charge in [-0.2, -0.15) is 0 Å². The molecule has 0 rings (SSSR count). The van der Waals surface area contributed by atoms with Gasteiger partial charge in [-0.1, -0.05) is 19.8 Å². The van der Waals surface area contributed by atoms with Crippen LogP contribution >= 0.6 is 0 Å². The summed E-state index contributed by atoms with van der Waals surface area (Å²) in [4.78, 5) is 13.2. The number of nitrogens with zero attached hydrogens (tertiary/aromatic N) is 1. The smallest absolute Gasteiger partial charge is 0.234 e. The fraction of sp³-hybridized carbons (Fsp3) is 0.900. The van der Waals surface area contributed by atoms with E-state index < -0.39 is 0 Å². The second kappa shape index (κ2) is 8.97. The molecule has 0 aromatic carbocycles. The number of rotatable bonds is 8. The van der Waals surface area contributed by atoms with E-state index in [0.717, 1.165) is 13.0 Å². The Morgan fingerprint density at radius 1 is 1.43 bits per heavy atom. The Hall–Kier alpha value is -0.610. The summed E-state index contributed by atoms with van der Waals surface area (Å²) in [5.41, 5.74) is 0. The fourth-order valence-corrected chi connectivity index (χ4v) is 1.21. The van der Waals surface area contributed by atoms with Gasteiger partial charge in [-0.3, -0.25) is 9.69 Å². The van der Waals surface area contributed by atoms with Crippen molar-refractivity contribution in [3.05, 3.63) is 0 Å². The summed E-state index contributed by atoms with van der Waals surface area (Å²) in [5, 5.41) is 11.1. The van der Waals surface area contributed by atoms with Crippen molar-refractivity contribution >= 4 is 5.91 Å². The first-order chi connectivity index (χ1) is 6.70. The SMILES string of the molecule is CCCCCN(C)CC(=O)NCCO. The average molecular weight is 202 g/mol. The van der Waals surface area contributed by atoms with E-state index in [2.05, 4.69) is 12.2 Å². The lowest BCUT2D eigenvalue weighted by molar-refractivity contribution is -0.122. The highest BCUT2D eigenvalue weighted by atomic mass is 16.3. The molecule has 0 aliphatic heterocycles. The number of amides is 1. The van der Waals surface area contributed by atoms with Crippen molar-refractivity contribution in [2.24, 2.45) is 0 Å². The van der Waals surface area contributed by atoms with E-state index in [-0.39, 0.29) is 12.5 Å². The van der Waals surface area contributed by atoms with Crippen LogP contribution in [0, 0.1) is 0 Å². The molecule has 0 fully saturated rings. The predicted molar refractivity (Wildman–Crippen MR) is 57.1 cm³/mol. The topological polar surface area (TPSA) is 52.6 Å². The molecule has 14 heavy (non-hydrogen) atoms. The molecule has 84 valence electrons. The molecular weight excluding hydrogens is 180 g/mol. The molecule has 1 amide bonds. The van der Waals surface area contributed by atoms with E-state index in [0.29, 0.717) is 13.1 Å². The lowest BCUT2D eigenvalue weighted by atomic mass is 10.2. The van der Waals surface area contributed by atoms with E-state index in [9.17, 15) is 4.79 Å². The van der Waals surface area contributed by atoms with Gasteiger partial charge in [-0.25, -0.2) is 0 Å².